The molecule has 3 N–H and O–H groups in total. The smallest absolute Gasteiger partial charge is 0.271 e. The molecule has 160 valence electrons. The Kier molecular flexibility index (Phi) is 5.46. The molecule has 3 heterocycles. The maximum Gasteiger partial charge on any atom is 0.271 e. The Hall–Kier alpha value is -2.94. The first kappa shape index (κ1) is 20.3. The lowest BCUT2D eigenvalue weighted by molar-refractivity contribution is -0.112. The van der Waals surface area contributed by atoms with Crippen LogP contribution >= 0.6 is 0 Å². The average molecular weight is 412 g/mol. The monoisotopic (exact) mass is 412 g/mol. The zero-order valence-corrected chi connectivity index (χ0v) is 17.7. The van der Waals surface area contributed by atoms with Crippen molar-refractivity contribution in [2.45, 2.75) is 45.8 Å². The van der Waals surface area contributed by atoms with Crippen LogP contribution in [-0.2, 0) is 9.53 Å². The fourth-order valence-corrected chi connectivity index (χ4v) is 3.73. The fraction of sp³-hybridized carbons (Fsp3) is 0.524. The number of nitrogens with one attached hydrogen (secondary N) is 1. The molecule has 2 aromatic rings. The van der Waals surface area contributed by atoms with Gasteiger partial charge < -0.3 is 20.5 Å². The van der Waals surface area contributed by atoms with E-state index in [1.807, 2.05) is 38.3 Å². The number of fused-ring (bicyclic) bond motifs is 2. The molecule has 1 saturated heterocycles. The number of anilines is 1. The van der Waals surface area contributed by atoms with Gasteiger partial charge in [0.25, 0.3) is 5.91 Å². The summed E-state index contributed by atoms with van der Waals surface area (Å²) in [6.45, 7) is 9.28. The van der Waals surface area contributed by atoms with Crippen molar-refractivity contribution in [3.63, 3.8) is 0 Å². The largest absolute Gasteiger partial charge is 0.473 e. The highest BCUT2D eigenvalue weighted by atomic mass is 16.5. The zero-order valence-electron chi connectivity index (χ0n) is 17.7. The van der Waals surface area contributed by atoms with E-state index in [0.29, 0.717) is 35.1 Å². The van der Waals surface area contributed by atoms with Crippen molar-refractivity contribution in [3.8, 4) is 5.88 Å². The third kappa shape index (κ3) is 4.16. The molecule has 2 aliphatic rings. The van der Waals surface area contributed by atoms with Crippen molar-refractivity contribution in [2.24, 2.45) is 22.6 Å². The molecule has 1 amide bonds. The van der Waals surface area contributed by atoms with Gasteiger partial charge >= 0.3 is 0 Å². The van der Waals surface area contributed by atoms with Crippen LogP contribution < -0.4 is 15.8 Å². The Morgan fingerprint density at radius 2 is 2.03 bits per heavy atom. The lowest BCUT2D eigenvalue weighted by atomic mass is 10.2. The molecule has 0 spiro atoms. The van der Waals surface area contributed by atoms with Gasteiger partial charge in [-0.15, -0.1) is 0 Å². The number of ether oxygens (including phenoxy) is 2. The first-order valence-electron chi connectivity index (χ1n) is 10.3. The van der Waals surface area contributed by atoms with Gasteiger partial charge in [-0.05, 0) is 45.6 Å². The fourth-order valence-electron chi connectivity index (χ4n) is 3.73. The highest BCUT2D eigenvalue weighted by molar-refractivity contribution is 6.05. The Bertz CT molecular complexity index is 1000. The molecule has 0 bridgehead atoms. The van der Waals surface area contributed by atoms with E-state index in [-0.39, 0.29) is 17.8 Å². The molecule has 2 unspecified atom stereocenters. The maximum absolute atomic E-state index is 12.5. The van der Waals surface area contributed by atoms with E-state index in [4.69, 9.17) is 15.2 Å². The predicted octanol–water partition coefficient (Wildman–Crippen LogP) is 2.14. The topological polar surface area (TPSA) is 116 Å². The summed E-state index contributed by atoms with van der Waals surface area (Å²) in [7, 11) is 0. The number of carbonyl (C=O) groups is 1. The Morgan fingerprint density at radius 1 is 1.30 bits per heavy atom. The number of nitrogens with zero attached hydrogens (tertiary/aromatic N) is 4. The molecule has 0 aromatic carbocycles. The van der Waals surface area contributed by atoms with Crippen molar-refractivity contribution >= 4 is 23.6 Å². The van der Waals surface area contributed by atoms with Crippen LogP contribution in [0.3, 0.4) is 0 Å². The van der Waals surface area contributed by atoms with Gasteiger partial charge in [-0.1, -0.05) is 0 Å². The Labute approximate surface area is 175 Å². The van der Waals surface area contributed by atoms with Gasteiger partial charge in [0, 0.05) is 30.6 Å². The van der Waals surface area contributed by atoms with Crippen LogP contribution in [0, 0.1) is 11.8 Å². The van der Waals surface area contributed by atoms with Crippen LogP contribution in [-0.4, -0.2) is 51.9 Å². The number of hydrogen-bond acceptors (Lipinski definition) is 7. The molecule has 30 heavy (non-hydrogen) atoms. The summed E-state index contributed by atoms with van der Waals surface area (Å²) in [6.07, 6.45) is 6.63. The number of aliphatic imine (C=N–C) groups is 1. The quantitative estimate of drug-likeness (QED) is 0.532. The third-order valence-electron chi connectivity index (χ3n) is 5.22. The molecule has 4 rings (SSSR count). The molecular formula is C21H28N6O3. The van der Waals surface area contributed by atoms with E-state index in [1.54, 1.807) is 6.20 Å². The summed E-state index contributed by atoms with van der Waals surface area (Å²) >= 11 is 0. The number of nitrogens with two attached hydrogens (primary N) is 1. The lowest BCUT2D eigenvalue weighted by Crippen LogP contribution is -2.22. The second-order valence-corrected chi connectivity index (χ2v) is 8.36. The van der Waals surface area contributed by atoms with Crippen LogP contribution in [0.15, 0.2) is 29.2 Å². The number of hydrogen-bond donors (Lipinski definition) is 2. The van der Waals surface area contributed by atoms with E-state index >= 15 is 0 Å². The van der Waals surface area contributed by atoms with Crippen molar-refractivity contribution in [2.75, 3.05) is 18.5 Å². The van der Waals surface area contributed by atoms with Crippen molar-refractivity contribution in [1.82, 2.24) is 14.4 Å². The number of allylic oxidation sites excluding steroid dienone is 1. The van der Waals surface area contributed by atoms with Gasteiger partial charge in [0.15, 0.2) is 0 Å². The van der Waals surface area contributed by atoms with Crippen LogP contribution in [0.2, 0.25) is 0 Å². The van der Waals surface area contributed by atoms with E-state index in [0.717, 1.165) is 18.9 Å². The summed E-state index contributed by atoms with van der Waals surface area (Å²) in [5.74, 6) is 1.93. The minimum absolute atomic E-state index is 0.0483. The van der Waals surface area contributed by atoms with Gasteiger partial charge in [-0.25, -0.2) is 4.98 Å². The van der Waals surface area contributed by atoms with Crippen LogP contribution in [0.5, 0.6) is 5.88 Å². The summed E-state index contributed by atoms with van der Waals surface area (Å²) in [5.41, 5.74) is 7.37. The molecular weight excluding hydrogens is 384 g/mol. The molecule has 1 aliphatic heterocycles. The first-order chi connectivity index (χ1) is 14.3. The van der Waals surface area contributed by atoms with E-state index < -0.39 is 5.91 Å². The van der Waals surface area contributed by atoms with Gasteiger partial charge in [0.1, 0.15) is 5.69 Å². The summed E-state index contributed by atoms with van der Waals surface area (Å²) in [5, 5.41) is 2.79. The minimum atomic E-state index is -0.450. The number of carbonyl (C=O) groups excluding carboxylic acids is 1. The molecule has 0 radical (unpaired) electrons. The zero-order chi connectivity index (χ0) is 21.4. The lowest BCUT2D eigenvalue weighted by Gasteiger charge is -2.14. The summed E-state index contributed by atoms with van der Waals surface area (Å²) < 4.78 is 13.1. The second-order valence-electron chi connectivity index (χ2n) is 8.36. The van der Waals surface area contributed by atoms with Gasteiger partial charge in [-0.3, -0.25) is 14.2 Å². The molecule has 9 nitrogen and oxygen atoms in total. The van der Waals surface area contributed by atoms with Crippen LogP contribution in [0.1, 0.15) is 39.3 Å². The molecule has 2 atom stereocenters. The molecule has 2 aromatic heterocycles. The second kappa shape index (κ2) is 8.06. The van der Waals surface area contributed by atoms with E-state index in [2.05, 4.69) is 20.3 Å². The Morgan fingerprint density at radius 3 is 2.70 bits per heavy atom. The predicted molar refractivity (Wildman–Crippen MR) is 114 cm³/mol. The highest BCUT2D eigenvalue weighted by Crippen LogP contribution is 2.57. The SMILES string of the molecule is CC(C)N=C/C=C(\N)C(=O)Nc1cn2cc(C3C4COCC43)nc2nc1OC(C)C. The van der Waals surface area contributed by atoms with Crippen molar-refractivity contribution < 1.29 is 14.3 Å². The average Bonchev–Trinajstić information content (AvgIpc) is 3.01. The molecule has 1 saturated carbocycles. The van der Waals surface area contributed by atoms with Crippen molar-refractivity contribution in [1.29, 1.82) is 0 Å². The molecule has 2 fully saturated rings. The number of amides is 1. The minimum Gasteiger partial charge on any atom is -0.473 e. The summed E-state index contributed by atoms with van der Waals surface area (Å²) in [4.78, 5) is 25.9. The summed E-state index contributed by atoms with van der Waals surface area (Å²) in [6, 6.07) is 0.128. The normalized spacial score (nSPS) is 23.5. The van der Waals surface area contributed by atoms with E-state index in [1.165, 1.54) is 12.3 Å². The van der Waals surface area contributed by atoms with Gasteiger partial charge in [0.05, 0.1) is 30.7 Å². The first-order valence-corrected chi connectivity index (χ1v) is 10.3. The number of rotatable bonds is 7. The van der Waals surface area contributed by atoms with Crippen LogP contribution in [0.4, 0.5) is 5.69 Å². The van der Waals surface area contributed by atoms with Crippen molar-refractivity contribution in [3.05, 3.63) is 29.9 Å². The number of aromatic nitrogens is 3. The number of imidazole rings is 1. The van der Waals surface area contributed by atoms with Crippen LogP contribution in [0.25, 0.3) is 5.78 Å². The third-order valence-corrected chi connectivity index (χ3v) is 5.22. The molecule has 1 aliphatic carbocycles. The standard InChI is InChI=1S/C21H28N6O3/c1-11(2)23-6-5-15(22)19(28)24-17-8-27-7-16(18-13-9-29-10-14(13)18)25-21(27)26-20(17)30-12(3)4/h5-8,11-14,18H,9-10,22H2,1-4H3,(H,24,28)/b15-5-,23-6?. The Balaban J connectivity index is 1.59. The highest BCUT2D eigenvalue weighted by Gasteiger charge is 2.55. The molecule has 9 heteroatoms. The van der Waals surface area contributed by atoms with E-state index in [9.17, 15) is 4.79 Å². The maximum atomic E-state index is 12.5. The van der Waals surface area contributed by atoms with Gasteiger partial charge in [-0.2, -0.15) is 4.98 Å². The van der Waals surface area contributed by atoms with Gasteiger partial charge in [0.2, 0.25) is 11.7 Å².